The first kappa shape index (κ1) is 65.7. The van der Waals surface area contributed by atoms with Gasteiger partial charge in [-0.3, -0.25) is 39.4 Å². The number of hydrogen-bond acceptors (Lipinski definition) is 18. The molecule has 480 valence electrons. The predicted molar refractivity (Wildman–Crippen MR) is 356 cm³/mol. The molecule has 3 aromatic heterocycles. The summed E-state index contributed by atoms with van der Waals surface area (Å²) in [6.07, 6.45) is 4.89. The summed E-state index contributed by atoms with van der Waals surface area (Å²) in [5, 5.41) is 37.5. The van der Waals surface area contributed by atoms with E-state index < -0.39 is 43.3 Å². The fourth-order valence-corrected chi connectivity index (χ4v) is 13.5. The lowest BCUT2D eigenvalue weighted by molar-refractivity contribution is -0.684. The average molecular weight is 1320 g/mol. The number of thioether (sulfide) groups is 1. The van der Waals surface area contributed by atoms with Crippen molar-refractivity contribution in [2.24, 2.45) is 0 Å². The number of aromatic nitrogens is 5. The summed E-state index contributed by atoms with van der Waals surface area (Å²) >= 11 is 1.61. The minimum Gasteiger partial charge on any atom is -0.358 e. The van der Waals surface area contributed by atoms with Gasteiger partial charge in [-0.15, -0.1) is 0 Å². The molecule has 0 aliphatic carbocycles. The first-order valence-electron chi connectivity index (χ1n) is 29.0. The number of aryl methyl sites for hydroxylation is 3. The van der Waals surface area contributed by atoms with Crippen LogP contribution in [0.25, 0.3) is 32.9 Å². The van der Waals surface area contributed by atoms with Gasteiger partial charge in [-0.25, -0.2) is 37.2 Å². The van der Waals surface area contributed by atoms with Gasteiger partial charge >= 0.3 is 6.03 Å². The molecule has 0 saturated heterocycles. The van der Waals surface area contributed by atoms with Crippen molar-refractivity contribution < 1.29 is 50.7 Å². The summed E-state index contributed by atoms with van der Waals surface area (Å²) in [5.74, 6) is 0.539. The van der Waals surface area contributed by atoms with E-state index in [4.69, 9.17) is 4.84 Å². The zero-order valence-electron chi connectivity index (χ0n) is 50.9. The number of hydrogen-bond donors (Lipinski definition) is 10. The number of benzene rings is 7. The number of nitrogens with one attached hydrogen (secondary N) is 9. The number of pyridine rings is 1. The van der Waals surface area contributed by atoms with E-state index in [1.165, 1.54) is 52.0 Å². The van der Waals surface area contributed by atoms with Crippen LogP contribution in [0.1, 0.15) is 50.1 Å². The molecule has 0 aliphatic rings. The third kappa shape index (κ3) is 16.1. The molecule has 10 aromatic rings. The van der Waals surface area contributed by atoms with Crippen molar-refractivity contribution >= 4 is 106 Å². The summed E-state index contributed by atoms with van der Waals surface area (Å²) in [7, 11) is -8.19. The van der Waals surface area contributed by atoms with E-state index in [1.807, 2.05) is 56.3 Å². The zero-order chi connectivity index (χ0) is 66.0. The molecule has 0 bridgehead atoms. The lowest BCUT2D eigenvalue weighted by Gasteiger charge is -2.18. The van der Waals surface area contributed by atoms with Gasteiger partial charge in [-0.2, -0.15) is 36.6 Å². The topological polar surface area (TPSA) is 340 Å². The van der Waals surface area contributed by atoms with Crippen molar-refractivity contribution in [3.8, 4) is 11.1 Å². The number of carbonyl (C=O) groups is 3. The summed E-state index contributed by atoms with van der Waals surface area (Å²) in [5.41, 5.74) is 22.8. The van der Waals surface area contributed by atoms with Crippen LogP contribution in [0.3, 0.4) is 0 Å². The van der Waals surface area contributed by atoms with E-state index in [0.29, 0.717) is 86.0 Å². The summed E-state index contributed by atoms with van der Waals surface area (Å²) in [4.78, 5) is 56.1. The van der Waals surface area contributed by atoms with Gasteiger partial charge in [0.1, 0.15) is 5.56 Å². The number of nitrogens with zero attached hydrogens (tertiary/aromatic N) is 6. The number of aliphatic hydroxyl groups excluding tert-OH is 1. The van der Waals surface area contributed by atoms with Crippen LogP contribution >= 0.6 is 11.8 Å². The maximum Gasteiger partial charge on any atom is 0.361 e. The SMILES string of the molecule is Cc1ccc2cnn(C(=O)NNc3ccc(NS(=O)(=O)c4ccc(C)c(NC(=O)C[n+]5cccc(C(=O)NCCSCCNOCc6cccc(-c7c(C)ccc(S(=O)(=O)Nc8ccc(NNC(O)n9ncc%10ccc([N+](=O)[O-])cc%109)cc8)c7C)c6)c5)c4C)cc3)c2c1. The molecule has 1 unspecified atom stereocenters. The Hall–Kier alpha value is -10.3. The molecule has 0 fully saturated rings. The van der Waals surface area contributed by atoms with Crippen molar-refractivity contribution in [2.75, 3.05) is 50.2 Å². The van der Waals surface area contributed by atoms with Gasteiger partial charge in [0.05, 0.1) is 50.4 Å². The van der Waals surface area contributed by atoms with Gasteiger partial charge in [0.2, 0.25) is 12.9 Å². The second kappa shape index (κ2) is 28.9. The Balaban J connectivity index is 0.631. The van der Waals surface area contributed by atoms with E-state index in [0.717, 1.165) is 33.2 Å². The summed E-state index contributed by atoms with van der Waals surface area (Å²) in [6, 6.07) is 39.3. The number of carbonyl (C=O) groups excluding carboxylic acids is 3. The number of non-ortho nitro benzene ring substituents is 1. The van der Waals surface area contributed by atoms with Crippen LogP contribution in [-0.2, 0) is 42.8 Å². The molecule has 0 radical (unpaired) electrons. The van der Waals surface area contributed by atoms with Crippen LogP contribution in [0.5, 0.6) is 0 Å². The van der Waals surface area contributed by atoms with Crippen LogP contribution in [0.4, 0.5) is 38.9 Å². The highest BCUT2D eigenvalue weighted by Crippen LogP contribution is 2.34. The Morgan fingerprint density at radius 3 is 2.06 bits per heavy atom. The lowest BCUT2D eigenvalue weighted by Crippen LogP contribution is -2.41. The highest BCUT2D eigenvalue weighted by molar-refractivity contribution is 7.99. The Morgan fingerprint density at radius 1 is 0.699 bits per heavy atom. The number of hydrazine groups is 2. The lowest BCUT2D eigenvalue weighted by atomic mass is 9.95. The minimum atomic E-state index is -4.13. The molecule has 1 atom stereocenters. The third-order valence-corrected chi connectivity index (χ3v) is 18.9. The monoisotopic (exact) mass is 1320 g/mol. The molecular weight excluding hydrogens is 1250 g/mol. The molecule has 26 nitrogen and oxygen atoms in total. The Labute approximate surface area is 539 Å². The normalized spacial score (nSPS) is 11.9. The number of anilines is 5. The quantitative estimate of drug-likeness (QED) is 0.00755. The third-order valence-electron chi connectivity index (χ3n) is 14.9. The Morgan fingerprint density at radius 2 is 1.34 bits per heavy atom. The van der Waals surface area contributed by atoms with E-state index >= 15 is 0 Å². The van der Waals surface area contributed by atoms with Crippen LogP contribution in [0, 0.1) is 44.7 Å². The molecule has 10 rings (SSSR count). The first-order chi connectivity index (χ1) is 44.6. The Kier molecular flexibility index (Phi) is 20.4. The van der Waals surface area contributed by atoms with E-state index in [2.05, 4.69) is 57.5 Å². The van der Waals surface area contributed by atoms with Crippen LogP contribution < -0.4 is 51.8 Å². The van der Waals surface area contributed by atoms with Crippen molar-refractivity contribution in [1.82, 2.24) is 41.2 Å². The number of hydroxylamine groups is 1. The van der Waals surface area contributed by atoms with Gasteiger partial charge in [-0.1, -0.05) is 42.5 Å². The van der Waals surface area contributed by atoms with Crippen LogP contribution in [-0.4, -0.2) is 88.9 Å². The summed E-state index contributed by atoms with van der Waals surface area (Å²) < 4.78 is 64.4. The molecule has 0 saturated carbocycles. The smallest absolute Gasteiger partial charge is 0.358 e. The highest BCUT2D eigenvalue weighted by atomic mass is 32.2. The Bertz CT molecular complexity index is 4680. The fraction of sp³-hybridized carbons (Fsp3) is 0.188. The van der Waals surface area contributed by atoms with E-state index in [9.17, 15) is 46.4 Å². The number of nitro groups is 1. The van der Waals surface area contributed by atoms with Gasteiger partial charge in [0, 0.05) is 76.3 Å². The largest absolute Gasteiger partial charge is 0.361 e. The van der Waals surface area contributed by atoms with Crippen molar-refractivity contribution in [2.45, 2.75) is 63.9 Å². The number of aliphatic hydroxyl groups is 1. The van der Waals surface area contributed by atoms with Crippen molar-refractivity contribution in [3.63, 3.8) is 0 Å². The zero-order valence-corrected chi connectivity index (χ0v) is 53.4. The molecule has 0 spiro atoms. The molecule has 29 heteroatoms. The fourth-order valence-electron chi connectivity index (χ4n) is 10.2. The maximum absolute atomic E-state index is 13.9. The number of sulfonamides is 2. The second-order valence-corrected chi connectivity index (χ2v) is 26.1. The van der Waals surface area contributed by atoms with Gasteiger partial charge in [0.25, 0.3) is 37.5 Å². The number of fused-ring (bicyclic) bond motifs is 2. The number of nitro benzene ring substituents is 1. The molecule has 7 aromatic carbocycles. The van der Waals surface area contributed by atoms with Crippen molar-refractivity contribution in [1.29, 1.82) is 0 Å². The maximum atomic E-state index is 13.9. The van der Waals surface area contributed by atoms with E-state index in [1.54, 1.807) is 122 Å². The van der Waals surface area contributed by atoms with E-state index in [-0.39, 0.29) is 40.2 Å². The highest BCUT2D eigenvalue weighted by Gasteiger charge is 2.25. The standard InChI is InChI=1S/C64H65N15O11S3/c1-40-11-14-47-35-66-77(55(47)32-40)63(82)72-70-50-18-22-53(23-19-50)75-93(88,89)58-26-13-42(3)61(44(58)5)69-59(80)38-76-29-7-10-49(37-76)62(81)65-27-30-91-31-28-68-90-39-45-8-6-9-46(33-45)60-41(2)12-25-57(43(60)4)92(86,87)74-52-20-16-51(17-21-52)71-73-64(83)78-56-34-54(79(84)85)24-15-48(56)36-67-78/h6-26,29,32-37,64,68,70-71,73-75,83H,27-28,30-31,38-39H2,1-5H3,(H2-,65,69,72,80,81,82)/p+1. The summed E-state index contributed by atoms with van der Waals surface area (Å²) in [6.45, 7) is 9.94. The van der Waals surface area contributed by atoms with Crippen LogP contribution in [0.2, 0.25) is 0 Å². The van der Waals surface area contributed by atoms with Crippen LogP contribution in [0.15, 0.2) is 180 Å². The second-order valence-electron chi connectivity index (χ2n) is 21.6. The average Bonchev–Trinajstić information content (AvgIpc) is 1.34. The van der Waals surface area contributed by atoms with Crippen molar-refractivity contribution in [3.05, 3.63) is 219 Å². The molecule has 3 amide bonds. The number of rotatable bonds is 27. The van der Waals surface area contributed by atoms with Gasteiger partial charge in [0.15, 0.2) is 12.4 Å². The molecule has 93 heavy (non-hydrogen) atoms. The number of amides is 3. The molecule has 3 heterocycles. The predicted octanol–water partition coefficient (Wildman–Crippen LogP) is 8.87. The van der Waals surface area contributed by atoms with Gasteiger partial charge in [-0.05, 0) is 164 Å². The molecule has 10 N–H and O–H groups in total. The van der Waals surface area contributed by atoms with Gasteiger partial charge < -0.3 is 21.2 Å². The molecular formula is C64H66N15O11S3+. The first-order valence-corrected chi connectivity index (χ1v) is 33.1. The molecule has 0 aliphatic heterocycles. The minimum absolute atomic E-state index is 0.0392.